The Bertz CT molecular complexity index is 854. The number of aromatic amines is 1. The second kappa shape index (κ2) is 7.33. The van der Waals surface area contributed by atoms with E-state index in [1.807, 2.05) is 0 Å². The molecule has 0 aliphatic rings. The number of aromatic nitrogens is 1. The number of H-pyrrole nitrogens is 1. The number of hydrogen-bond donors (Lipinski definition) is 3. The van der Waals surface area contributed by atoms with E-state index in [0.717, 1.165) is 12.1 Å². The highest BCUT2D eigenvalue weighted by Gasteiger charge is 2.31. The zero-order chi connectivity index (χ0) is 19.6. The summed E-state index contributed by atoms with van der Waals surface area (Å²) in [5, 5.41) is 2.46. The number of ketones is 1. The summed E-state index contributed by atoms with van der Waals surface area (Å²) in [5.74, 6) is -0.793. The third-order valence-electron chi connectivity index (χ3n) is 4.04. The molecule has 1 heterocycles. The van der Waals surface area contributed by atoms with Gasteiger partial charge in [-0.05, 0) is 49.6 Å². The first-order valence-corrected chi connectivity index (χ1v) is 8.03. The zero-order valence-corrected chi connectivity index (χ0v) is 14.7. The Morgan fingerprint density at radius 1 is 1.23 bits per heavy atom. The highest BCUT2D eigenvalue weighted by atomic mass is 19.4. The SMILES string of the molecule is CCc1c(C(=O)Nc2cc(CN)cc(C(F)(F)F)c2)[nH]c(C)c1C(C)=O. The van der Waals surface area contributed by atoms with Gasteiger partial charge in [-0.25, -0.2) is 0 Å². The maximum absolute atomic E-state index is 13.0. The van der Waals surface area contributed by atoms with Crippen LogP contribution >= 0.6 is 0 Å². The quantitative estimate of drug-likeness (QED) is 0.702. The lowest BCUT2D eigenvalue weighted by molar-refractivity contribution is -0.137. The summed E-state index contributed by atoms with van der Waals surface area (Å²) >= 11 is 0. The first kappa shape index (κ1) is 19.7. The smallest absolute Gasteiger partial charge is 0.354 e. The minimum atomic E-state index is -4.55. The monoisotopic (exact) mass is 367 g/mol. The van der Waals surface area contributed by atoms with Crippen LogP contribution in [0.15, 0.2) is 18.2 Å². The molecule has 0 radical (unpaired) electrons. The van der Waals surface area contributed by atoms with Gasteiger partial charge < -0.3 is 16.0 Å². The number of anilines is 1. The molecular weight excluding hydrogens is 347 g/mol. The number of rotatable bonds is 5. The Morgan fingerprint density at radius 3 is 2.38 bits per heavy atom. The number of Topliss-reactive ketones (excluding diaryl/α,β-unsaturated/α-hetero) is 1. The summed E-state index contributed by atoms with van der Waals surface area (Å²) in [6, 6.07) is 3.19. The lowest BCUT2D eigenvalue weighted by Gasteiger charge is -2.12. The van der Waals surface area contributed by atoms with Crippen LogP contribution < -0.4 is 11.1 Å². The fourth-order valence-electron chi connectivity index (χ4n) is 2.94. The van der Waals surface area contributed by atoms with Gasteiger partial charge in [0.25, 0.3) is 5.91 Å². The predicted octanol–water partition coefficient (Wildman–Crippen LogP) is 3.82. The molecule has 8 heteroatoms. The first-order valence-electron chi connectivity index (χ1n) is 8.03. The Labute approximate surface area is 148 Å². The van der Waals surface area contributed by atoms with Gasteiger partial charge in [-0.1, -0.05) is 6.92 Å². The lowest BCUT2D eigenvalue weighted by atomic mass is 10.0. The van der Waals surface area contributed by atoms with Crippen molar-refractivity contribution in [3.8, 4) is 0 Å². The summed E-state index contributed by atoms with van der Waals surface area (Å²) in [7, 11) is 0. The number of hydrogen-bond acceptors (Lipinski definition) is 3. The Morgan fingerprint density at radius 2 is 1.88 bits per heavy atom. The molecule has 140 valence electrons. The Balaban J connectivity index is 2.42. The number of carbonyl (C=O) groups is 2. The molecule has 0 aliphatic carbocycles. The minimum Gasteiger partial charge on any atom is -0.354 e. The van der Waals surface area contributed by atoms with Crippen LogP contribution in [0.25, 0.3) is 0 Å². The van der Waals surface area contributed by atoms with Crippen LogP contribution in [0.2, 0.25) is 0 Å². The molecule has 0 unspecified atom stereocenters. The van der Waals surface area contributed by atoms with Crippen molar-refractivity contribution < 1.29 is 22.8 Å². The van der Waals surface area contributed by atoms with E-state index in [4.69, 9.17) is 5.73 Å². The summed E-state index contributed by atoms with van der Waals surface area (Å²) in [6.45, 7) is 4.77. The van der Waals surface area contributed by atoms with Crippen molar-refractivity contribution in [1.29, 1.82) is 0 Å². The summed E-state index contributed by atoms with van der Waals surface area (Å²) in [5.41, 5.74) is 6.49. The maximum Gasteiger partial charge on any atom is 0.416 e. The molecule has 0 saturated carbocycles. The Kier molecular flexibility index (Phi) is 5.56. The van der Waals surface area contributed by atoms with Crippen molar-refractivity contribution in [1.82, 2.24) is 4.98 Å². The third-order valence-corrected chi connectivity index (χ3v) is 4.04. The molecule has 5 nitrogen and oxygen atoms in total. The van der Waals surface area contributed by atoms with E-state index in [1.165, 1.54) is 13.0 Å². The van der Waals surface area contributed by atoms with Gasteiger partial charge in [-0.2, -0.15) is 13.2 Å². The van der Waals surface area contributed by atoms with Crippen molar-refractivity contribution in [3.63, 3.8) is 0 Å². The highest BCUT2D eigenvalue weighted by molar-refractivity contribution is 6.07. The van der Waals surface area contributed by atoms with Crippen LogP contribution in [0, 0.1) is 6.92 Å². The molecule has 2 aromatic rings. The van der Waals surface area contributed by atoms with Crippen LogP contribution in [-0.4, -0.2) is 16.7 Å². The molecule has 1 amide bonds. The van der Waals surface area contributed by atoms with Crippen LogP contribution in [0.5, 0.6) is 0 Å². The van der Waals surface area contributed by atoms with E-state index < -0.39 is 17.6 Å². The molecule has 2 rings (SSSR count). The van der Waals surface area contributed by atoms with Crippen molar-refractivity contribution in [2.24, 2.45) is 5.73 Å². The van der Waals surface area contributed by atoms with Crippen LogP contribution in [0.1, 0.15) is 57.1 Å². The zero-order valence-electron chi connectivity index (χ0n) is 14.7. The number of benzene rings is 1. The summed E-state index contributed by atoms with van der Waals surface area (Å²) in [4.78, 5) is 27.2. The average molecular weight is 367 g/mol. The van der Waals surface area contributed by atoms with E-state index in [9.17, 15) is 22.8 Å². The van der Waals surface area contributed by atoms with E-state index in [-0.39, 0.29) is 29.3 Å². The van der Waals surface area contributed by atoms with E-state index in [2.05, 4.69) is 10.3 Å². The molecule has 26 heavy (non-hydrogen) atoms. The van der Waals surface area contributed by atoms with Gasteiger partial charge in [0.1, 0.15) is 5.69 Å². The van der Waals surface area contributed by atoms with Gasteiger partial charge in [-0.3, -0.25) is 9.59 Å². The van der Waals surface area contributed by atoms with Crippen LogP contribution in [-0.2, 0) is 19.1 Å². The molecule has 0 fully saturated rings. The van der Waals surface area contributed by atoms with Crippen molar-refractivity contribution >= 4 is 17.4 Å². The molecule has 4 N–H and O–H groups in total. The molecule has 1 aromatic carbocycles. The maximum atomic E-state index is 13.0. The van der Waals surface area contributed by atoms with Crippen molar-refractivity contribution in [2.75, 3.05) is 5.32 Å². The average Bonchev–Trinajstić information content (AvgIpc) is 2.90. The van der Waals surface area contributed by atoms with E-state index in [1.54, 1.807) is 13.8 Å². The second-order valence-corrected chi connectivity index (χ2v) is 5.96. The number of halogens is 3. The normalized spacial score (nSPS) is 11.5. The number of carbonyl (C=O) groups excluding carboxylic acids is 2. The Hall–Kier alpha value is -2.61. The third kappa shape index (κ3) is 3.96. The summed E-state index contributed by atoms with van der Waals surface area (Å²) < 4.78 is 39.0. The number of nitrogens with one attached hydrogen (secondary N) is 2. The molecule has 1 aromatic heterocycles. The van der Waals surface area contributed by atoms with Gasteiger partial charge in [0, 0.05) is 23.5 Å². The molecular formula is C18H20F3N3O2. The minimum absolute atomic E-state index is 0.0102. The first-order chi connectivity index (χ1) is 12.1. The topological polar surface area (TPSA) is 88.0 Å². The van der Waals surface area contributed by atoms with Crippen LogP contribution in [0.3, 0.4) is 0 Å². The van der Waals surface area contributed by atoms with E-state index in [0.29, 0.717) is 23.2 Å². The fraction of sp³-hybridized carbons (Fsp3) is 0.333. The van der Waals surface area contributed by atoms with Gasteiger partial charge in [-0.15, -0.1) is 0 Å². The molecule has 0 saturated heterocycles. The standard InChI is InChI=1S/C18H20F3N3O2/c1-4-14-15(10(3)25)9(2)23-16(14)17(26)24-13-6-11(8-22)5-12(7-13)18(19,20)21/h5-7,23H,4,8,22H2,1-3H3,(H,24,26). The largest absolute Gasteiger partial charge is 0.416 e. The van der Waals surface area contributed by atoms with Gasteiger partial charge in [0.2, 0.25) is 0 Å². The van der Waals surface area contributed by atoms with Crippen molar-refractivity contribution in [2.45, 2.75) is 39.9 Å². The lowest BCUT2D eigenvalue weighted by Crippen LogP contribution is -2.16. The molecule has 0 spiro atoms. The highest BCUT2D eigenvalue weighted by Crippen LogP contribution is 2.32. The number of nitrogens with two attached hydrogens (primary N) is 1. The number of aryl methyl sites for hydroxylation is 1. The van der Waals surface area contributed by atoms with Gasteiger partial charge in [0.05, 0.1) is 5.56 Å². The van der Waals surface area contributed by atoms with Crippen molar-refractivity contribution in [3.05, 3.63) is 51.8 Å². The fourth-order valence-corrected chi connectivity index (χ4v) is 2.94. The second-order valence-electron chi connectivity index (χ2n) is 5.96. The predicted molar refractivity (Wildman–Crippen MR) is 92.2 cm³/mol. The molecule has 0 bridgehead atoms. The molecule has 0 atom stereocenters. The van der Waals surface area contributed by atoms with Gasteiger partial charge >= 0.3 is 6.18 Å². The number of alkyl halides is 3. The summed E-state index contributed by atoms with van der Waals surface area (Å²) in [6.07, 6.45) is -4.12. The van der Waals surface area contributed by atoms with Gasteiger partial charge in [0.15, 0.2) is 5.78 Å². The van der Waals surface area contributed by atoms with Crippen LogP contribution in [0.4, 0.5) is 18.9 Å². The number of amides is 1. The molecule has 0 aliphatic heterocycles. The van der Waals surface area contributed by atoms with E-state index >= 15 is 0 Å².